The highest BCUT2D eigenvalue weighted by molar-refractivity contribution is 5.47. The van der Waals surface area contributed by atoms with Gasteiger partial charge in [0.05, 0.1) is 0 Å². The van der Waals surface area contributed by atoms with E-state index in [0.717, 1.165) is 5.92 Å². The van der Waals surface area contributed by atoms with Crippen LogP contribution in [0.15, 0.2) is 35.7 Å². The summed E-state index contributed by atoms with van der Waals surface area (Å²) in [4.78, 5) is 0. The zero-order valence-corrected chi connectivity index (χ0v) is 6.59. The van der Waals surface area contributed by atoms with Gasteiger partial charge in [-0.1, -0.05) is 17.7 Å². The molecule has 0 saturated heterocycles. The highest BCUT2D eigenvalue weighted by Gasteiger charge is 2.58. The first-order valence-electron chi connectivity index (χ1n) is 4.16. The van der Waals surface area contributed by atoms with Gasteiger partial charge in [-0.05, 0) is 31.5 Å². The normalized spacial score (nSPS) is 43.5. The third-order valence-electron chi connectivity index (χ3n) is 3.19. The molecule has 2 atom stereocenters. The topological polar surface area (TPSA) is 12.0 Å². The number of nitrogens with one attached hydrogen (secondary N) is 1. The summed E-state index contributed by atoms with van der Waals surface area (Å²) in [5.74, 6) is 0.814. The molecule has 1 heteroatoms. The first-order chi connectivity index (χ1) is 5.33. The number of allylic oxidation sites excluding steroid dienone is 4. The van der Waals surface area contributed by atoms with E-state index in [2.05, 4.69) is 36.7 Å². The molecule has 3 aliphatic rings. The summed E-state index contributed by atoms with van der Waals surface area (Å²) in [7, 11) is 0. The van der Waals surface area contributed by atoms with Crippen molar-refractivity contribution in [3.63, 3.8) is 0 Å². The third kappa shape index (κ3) is 0.493. The molecule has 11 heavy (non-hydrogen) atoms. The first-order valence-corrected chi connectivity index (χ1v) is 4.16. The Kier molecular flexibility index (Phi) is 0.743. The SMILES string of the molecule is CC1=CC=C2NC=CC23CC13. The molecule has 0 aromatic heterocycles. The van der Waals surface area contributed by atoms with E-state index in [9.17, 15) is 0 Å². The molecule has 1 spiro atoms. The zero-order valence-electron chi connectivity index (χ0n) is 6.59. The van der Waals surface area contributed by atoms with Crippen LogP contribution in [-0.4, -0.2) is 0 Å². The number of hydrogen-bond donors (Lipinski definition) is 1. The second-order valence-electron chi connectivity index (χ2n) is 3.77. The standard InChI is InChI=1S/C10H11N/c1-7-2-3-9-10(4-5-11-9)6-8(7)10/h2-5,8,11H,6H2,1H3. The van der Waals surface area contributed by atoms with Crippen molar-refractivity contribution in [1.82, 2.24) is 5.32 Å². The van der Waals surface area contributed by atoms with E-state index in [0.29, 0.717) is 5.41 Å². The fourth-order valence-corrected chi connectivity index (χ4v) is 2.37. The minimum atomic E-state index is 0.429. The molecule has 0 radical (unpaired) electrons. The Morgan fingerprint density at radius 1 is 1.55 bits per heavy atom. The van der Waals surface area contributed by atoms with Crippen LogP contribution in [-0.2, 0) is 0 Å². The Bertz CT molecular complexity index is 309. The Morgan fingerprint density at radius 3 is 3.36 bits per heavy atom. The van der Waals surface area contributed by atoms with Gasteiger partial charge in [0.1, 0.15) is 0 Å². The first kappa shape index (κ1) is 5.64. The molecule has 2 unspecified atom stereocenters. The van der Waals surface area contributed by atoms with Gasteiger partial charge in [0, 0.05) is 11.1 Å². The van der Waals surface area contributed by atoms with Crippen LogP contribution in [0.25, 0.3) is 0 Å². The Hall–Kier alpha value is -0.980. The van der Waals surface area contributed by atoms with E-state index in [1.807, 2.05) is 0 Å². The van der Waals surface area contributed by atoms with E-state index in [4.69, 9.17) is 0 Å². The van der Waals surface area contributed by atoms with Gasteiger partial charge in [0.2, 0.25) is 0 Å². The van der Waals surface area contributed by atoms with E-state index in [-0.39, 0.29) is 0 Å². The van der Waals surface area contributed by atoms with Crippen LogP contribution in [0.3, 0.4) is 0 Å². The summed E-state index contributed by atoms with van der Waals surface area (Å²) in [6.07, 6.45) is 10.2. The number of hydrogen-bond acceptors (Lipinski definition) is 1. The van der Waals surface area contributed by atoms with Crippen molar-refractivity contribution < 1.29 is 0 Å². The molecule has 0 aromatic carbocycles. The third-order valence-corrected chi connectivity index (χ3v) is 3.19. The van der Waals surface area contributed by atoms with Crippen LogP contribution in [0.5, 0.6) is 0 Å². The molecule has 1 aliphatic heterocycles. The van der Waals surface area contributed by atoms with Crippen LogP contribution in [0.2, 0.25) is 0 Å². The molecule has 1 fully saturated rings. The summed E-state index contributed by atoms with van der Waals surface area (Å²) in [5.41, 5.74) is 3.38. The molecule has 0 amide bonds. The maximum absolute atomic E-state index is 3.30. The summed E-state index contributed by atoms with van der Waals surface area (Å²) in [5, 5.41) is 3.30. The smallest absolute Gasteiger partial charge is 0.0371 e. The van der Waals surface area contributed by atoms with Crippen LogP contribution in [0.1, 0.15) is 13.3 Å². The largest absolute Gasteiger partial charge is 0.365 e. The summed E-state index contributed by atoms with van der Waals surface area (Å²) in [6.45, 7) is 2.23. The van der Waals surface area contributed by atoms with Gasteiger partial charge in [0.15, 0.2) is 0 Å². The number of rotatable bonds is 0. The Balaban J connectivity index is 2.16. The molecule has 56 valence electrons. The van der Waals surface area contributed by atoms with Gasteiger partial charge in [-0.2, -0.15) is 0 Å². The second-order valence-corrected chi connectivity index (χ2v) is 3.77. The van der Waals surface area contributed by atoms with E-state index < -0.39 is 0 Å². The van der Waals surface area contributed by atoms with Crippen molar-refractivity contribution in [3.8, 4) is 0 Å². The van der Waals surface area contributed by atoms with Crippen LogP contribution < -0.4 is 5.32 Å². The van der Waals surface area contributed by atoms with Crippen molar-refractivity contribution in [3.05, 3.63) is 35.7 Å². The monoisotopic (exact) mass is 145 g/mol. The van der Waals surface area contributed by atoms with Crippen molar-refractivity contribution in [2.45, 2.75) is 13.3 Å². The minimum Gasteiger partial charge on any atom is -0.365 e. The fourth-order valence-electron chi connectivity index (χ4n) is 2.37. The fraction of sp³-hybridized carbons (Fsp3) is 0.400. The predicted octanol–water partition coefficient (Wildman–Crippen LogP) is 1.95. The lowest BCUT2D eigenvalue weighted by molar-refractivity contribution is 0.695. The van der Waals surface area contributed by atoms with Crippen LogP contribution >= 0.6 is 0 Å². The molecule has 1 N–H and O–H groups in total. The maximum Gasteiger partial charge on any atom is 0.0371 e. The van der Waals surface area contributed by atoms with E-state index >= 15 is 0 Å². The Labute approximate surface area is 66.5 Å². The highest BCUT2D eigenvalue weighted by Crippen LogP contribution is 2.64. The summed E-state index contributed by atoms with van der Waals surface area (Å²) < 4.78 is 0. The minimum absolute atomic E-state index is 0.429. The average molecular weight is 145 g/mol. The zero-order chi connectivity index (χ0) is 7.47. The average Bonchev–Trinajstić information content (AvgIpc) is 2.57. The lowest BCUT2D eigenvalue weighted by Crippen LogP contribution is -2.11. The lowest BCUT2D eigenvalue weighted by atomic mass is 9.93. The van der Waals surface area contributed by atoms with Gasteiger partial charge in [-0.3, -0.25) is 0 Å². The van der Waals surface area contributed by atoms with Crippen molar-refractivity contribution >= 4 is 0 Å². The molecule has 1 saturated carbocycles. The van der Waals surface area contributed by atoms with Crippen molar-refractivity contribution in [1.29, 1.82) is 0 Å². The molecule has 0 bridgehead atoms. The summed E-state index contributed by atoms with van der Waals surface area (Å²) in [6, 6.07) is 0. The molecule has 1 nitrogen and oxygen atoms in total. The Morgan fingerprint density at radius 2 is 2.45 bits per heavy atom. The second kappa shape index (κ2) is 1.45. The van der Waals surface area contributed by atoms with E-state index in [1.54, 1.807) is 5.57 Å². The van der Waals surface area contributed by atoms with Crippen molar-refractivity contribution in [2.24, 2.45) is 11.3 Å². The lowest BCUT2D eigenvalue weighted by Gasteiger charge is -2.14. The predicted molar refractivity (Wildman–Crippen MR) is 44.7 cm³/mol. The van der Waals surface area contributed by atoms with E-state index in [1.165, 1.54) is 12.1 Å². The molecule has 1 heterocycles. The van der Waals surface area contributed by atoms with Gasteiger partial charge in [-0.15, -0.1) is 0 Å². The molecule has 0 aromatic rings. The van der Waals surface area contributed by atoms with Gasteiger partial charge in [-0.25, -0.2) is 0 Å². The quantitative estimate of drug-likeness (QED) is 0.549. The van der Waals surface area contributed by atoms with Crippen LogP contribution in [0, 0.1) is 11.3 Å². The van der Waals surface area contributed by atoms with Gasteiger partial charge in [0.25, 0.3) is 0 Å². The molecular formula is C10H11N. The van der Waals surface area contributed by atoms with Crippen LogP contribution in [0.4, 0.5) is 0 Å². The molecule has 2 aliphatic carbocycles. The molecule has 3 rings (SSSR count). The van der Waals surface area contributed by atoms with Crippen molar-refractivity contribution in [2.75, 3.05) is 0 Å². The highest BCUT2D eigenvalue weighted by atomic mass is 14.9. The summed E-state index contributed by atoms with van der Waals surface area (Å²) >= 11 is 0. The van der Waals surface area contributed by atoms with Gasteiger partial charge < -0.3 is 5.32 Å². The maximum atomic E-state index is 3.30. The molecular weight excluding hydrogens is 134 g/mol. The van der Waals surface area contributed by atoms with Gasteiger partial charge >= 0.3 is 0 Å².